The van der Waals surface area contributed by atoms with Crippen molar-refractivity contribution in [1.29, 1.82) is 0 Å². The normalized spacial score (nSPS) is 20.3. The largest absolute Gasteiger partial charge is 0.451 e. The molecule has 0 radical (unpaired) electrons. The molecule has 1 aromatic carbocycles. The standard InChI is InChI=1S/C17H19F2N3O5/c1-4-17(3)15(25)22(16(26)21-17)8-13(23)27-9(2)14(24)20-10-5-6-11(18)12(19)7-10/h5-7,9H,4,8H2,1-3H3,(H,20,24)(H,21,26)/t9-,17-/m0/s1. The van der Waals surface area contributed by atoms with Crippen LogP contribution in [0, 0.1) is 11.6 Å². The fraction of sp³-hybridized carbons (Fsp3) is 0.412. The lowest BCUT2D eigenvalue weighted by atomic mass is 9.99. The van der Waals surface area contributed by atoms with Crippen LogP contribution in [-0.4, -0.2) is 46.9 Å². The van der Waals surface area contributed by atoms with Gasteiger partial charge < -0.3 is 15.4 Å². The maximum atomic E-state index is 13.1. The van der Waals surface area contributed by atoms with Gasteiger partial charge in [-0.2, -0.15) is 0 Å². The molecule has 0 bridgehead atoms. The van der Waals surface area contributed by atoms with Crippen LogP contribution in [0.1, 0.15) is 27.2 Å². The van der Waals surface area contributed by atoms with E-state index in [-0.39, 0.29) is 5.69 Å². The molecule has 1 fully saturated rings. The van der Waals surface area contributed by atoms with Gasteiger partial charge in [0.15, 0.2) is 17.7 Å². The van der Waals surface area contributed by atoms with Crippen molar-refractivity contribution < 1.29 is 32.7 Å². The quantitative estimate of drug-likeness (QED) is 0.573. The zero-order valence-electron chi connectivity index (χ0n) is 15.0. The molecule has 0 unspecified atom stereocenters. The molecule has 146 valence electrons. The number of imide groups is 1. The summed E-state index contributed by atoms with van der Waals surface area (Å²) >= 11 is 0. The van der Waals surface area contributed by atoms with Crippen molar-refractivity contribution in [2.75, 3.05) is 11.9 Å². The first-order valence-corrected chi connectivity index (χ1v) is 8.17. The van der Waals surface area contributed by atoms with Gasteiger partial charge in [0.2, 0.25) is 0 Å². The molecule has 0 saturated carbocycles. The number of halogens is 2. The number of benzene rings is 1. The highest BCUT2D eigenvalue weighted by Gasteiger charge is 2.47. The van der Waals surface area contributed by atoms with Crippen LogP contribution < -0.4 is 10.6 Å². The number of nitrogens with zero attached hydrogens (tertiary/aromatic N) is 1. The number of hydrogen-bond acceptors (Lipinski definition) is 5. The van der Waals surface area contributed by atoms with Crippen LogP contribution in [-0.2, 0) is 19.1 Å². The summed E-state index contributed by atoms with van der Waals surface area (Å²) in [6.45, 7) is 3.86. The third kappa shape index (κ3) is 4.39. The predicted molar refractivity (Wildman–Crippen MR) is 89.5 cm³/mol. The van der Waals surface area contributed by atoms with Crippen molar-refractivity contribution in [3.63, 3.8) is 0 Å². The highest BCUT2D eigenvalue weighted by Crippen LogP contribution is 2.20. The fourth-order valence-electron chi connectivity index (χ4n) is 2.37. The monoisotopic (exact) mass is 383 g/mol. The zero-order chi connectivity index (χ0) is 20.4. The van der Waals surface area contributed by atoms with Crippen LogP contribution in [0.3, 0.4) is 0 Å². The number of nitrogens with one attached hydrogen (secondary N) is 2. The van der Waals surface area contributed by atoms with Crippen LogP contribution in [0.4, 0.5) is 19.3 Å². The molecular formula is C17H19F2N3O5. The highest BCUT2D eigenvalue weighted by atomic mass is 19.2. The second-order valence-electron chi connectivity index (χ2n) is 6.26. The van der Waals surface area contributed by atoms with Crippen molar-refractivity contribution in [2.45, 2.75) is 38.8 Å². The number of anilines is 1. The van der Waals surface area contributed by atoms with Crippen LogP contribution in [0.25, 0.3) is 0 Å². The first kappa shape index (κ1) is 20.3. The van der Waals surface area contributed by atoms with Gasteiger partial charge in [-0.3, -0.25) is 19.3 Å². The highest BCUT2D eigenvalue weighted by molar-refractivity contribution is 6.08. The number of esters is 1. The molecule has 0 aliphatic carbocycles. The molecule has 8 nitrogen and oxygen atoms in total. The summed E-state index contributed by atoms with van der Waals surface area (Å²) in [5, 5.41) is 4.75. The summed E-state index contributed by atoms with van der Waals surface area (Å²) in [6, 6.07) is 2.04. The molecule has 1 heterocycles. The Morgan fingerprint density at radius 3 is 2.52 bits per heavy atom. The molecule has 27 heavy (non-hydrogen) atoms. The Hall–Kier alpha value is -3.04. The van der Waals surface area contributed by atoms with Crippen molar-refractivity contribution in [1.82, 2.24) is 10.2 Å². The minimum Gasteiger partial charge on any atom is -0.451 e. The SMILES string of the molecule is CC[C@]1(C)NC(=O)N(CC(=O)O[C@@H](C)C(=O)Nc2ccc(F)c(F)c2)C1=O. The lowest BCUT2D eigenvalue weighted by molar-refractivity contribution is -0.155. The maximum Gasteiger partial charge on any atom is 0.327 e. The number of carbonyl (C=O) groups excluding carboxylic acids is 4. The van der Waals surface area contributed by atoms with E-state index in [0.29, 0.717) is 11.3 Å². The van der Waals surface area contributed by atoms with Gasteiger partial charge in [0.1, 0.15) is 12.1 Å². The van der Waals surface area contributed by atoms with Gasteiger partial charge in [-0.25, -0.2) is 13.6 Å². The first-order chi connectivity index (χ1) is 12.6. The summed E-state index contributed by atoms with van der Waals surface area (Å²) in [4.78, 5) is 48.7. The average Bonchev–Trinajstić information content (AvgIpc) is 2.82. The number of ether oxygens (including phenoxy) is 1. The minimum absolute atomic E-state index is 0.0189. The van der Waals surface area contributed by atoms with E-state index >= 15 is 0 Å². The second-order valence-corrected chi connectivity index (χ2v) is 6.26. The molecule has 2 atom stereocenters. The topological polar surface area (TPSA) is 105 Å². The molecule has 1 saturated heterocycles. The predicted octanol–water partition coefficient (Wildman–Crippen LogP) is 1.56. The Kier molecular flexibility index (Phi) is 5.77. The lowest BCUT2D eigenvalue weighted by Gasteiger charge is -2.19. The van der Waals surface area contributed by atoms with Gasteiger partial charge >= 0.3 is 12.0 Å². The molecule has 1 aromatic rings. The Labute approximate surface area is 153 Å². The van der Waals surface area contributed by atoms with E-state index < -0.39 is 53.6 Å². The molecule has 0 spiro atoms. The van der Waals surface area contributed by atoms with Crippen LogP contribution in [0.2, 0.25) is 0 Å². The maximum absolute atomic E-state index is 13.1. The number of amides is 4. The van der Waals surface area contributed by atoms with Gasteiger partial charge in [0, 0.05) is 11.8 Å². The van der Waals surface area contributed by atoms with E-state index in [1.807, 2.05) is 0 Å². The van der Waals surface area contributed by atoms with Gasteiger partial charge in [-0.15, -0.1) is 0 Å². The second kappa shape index (κ2) is 7.68. The van der Waals surface area contributed by atoms with Crippen molar-refractivity contribution in [3.05, 3.63) is 29.8 Å². The van der Waals surface area contributed by atoms with E-state index in [0.717, 1.165) is 18.2 Å². The molecule has 0 aromatic heterocycles. The molecule has 2 N–H and O–H groups in total. The van der Waals surface area contributed by atoms with Crippen molar-refractivity contribution >= 4 is 29.5 Å². The molecule has 1 aliphatic rings. The van der Waals surface area contributed by atoms with Gasteiger partial charge in [0.05, 0.1) is 0 Å². The van der Waals surface area contributed by atoms with Gasteiger partial charge in [-0.1, -0.05) is 6.92 Å². The summed E-state index contributed by atoms with van der Waals surface area (Å²) < 4.78 is 30.9. The molecule has 1 aliphatic heterocycles. The Morgan fingerprint density at radius 1 is 1.30 bits per heavy atom. The van der Waals surface area contributed by atoms with Gasteiger partial charge in [0.25, 0.3) is 11.8 Å². The Bertz CT molecular complexity index is 801. The third-order valence-corrected chi connectivity index (χ3v) is 4.20. The van der Waals surface area contributed by atoms with E-state index in [1.165, 1.54) is 13.8 Å². The number of carbonyl (C=O) groups is 4. The summed E-state index contributed by atoms with van der Waals surface area (Å²) in [5.74, 6) is -4.53. The lowest BCUT2D eigenvalue weighted by Crippen LogP contribution is -2.44. The van der Waals surface area contributed by atoms with E-state index in [4.69, 9.17) is 4.74 Å². The van der Waals surface area contributed by atoms with E-state index in [9.17, 15) is 28.0 Å². The first-order valence-electron chi connectivity index (χ1n) is 8.17. The smallest absolute Gasteiger partial charge is 0.327 e. The zero-order valence-corrected chi connectivity index (χ0v) is 15.0. The summed E-state index contributed by atoms with van der Waals surface area (Å²) in [7, 11) is 0. The number of urea groups is 1. The average molecular weight is 383 g/mol. The molecular weight excluding hydrogens is 364 g/mol. The van der Waals surface area contributed by atoms with Crippen LogP contribution >= 0.6 is 0 Å². The van der Waals surface area contributed by atoms with E-state index in [2.05, 4.69) is 10.6 Å². The van der Waals surface area contributed by atoms with E-state index in [1.54, 1.807) is 6.92 Å². The summed E-state index contributed by atoms with van der Waals surface area (Å²) in [5.41, 5.74) is -1.11. The Morgan fingerprint density at radius 2 is 1.96 bits per heavy atom. The minimum atomic E-state index is -1.29. The Balaban J connectivity index is 1.93. The number of hydrogen-bond donors (Lipinski definition) is 2. The molecule has 2 rings (SSSR count). The van der Waals surface area contributed by atoms with Crippen LogP contribution in [0.5, 0.6) is 0 Å². The van der Waals surface area contributed by atoms with Crippen molar-refractivity contribution in [3.8, 4) is 0 Å². The van der Waals surface area contributed by atoms with Crippen LogP contribution in [0.15, 0.2) is 18.2 Å². The third-order valence-electron chi connectivity index (χ3n) is 4.20. The molecule has 4 amide bonds. The summed E-state index contributed by atoms with van der Waals surface area (Å²) in [6.07, 6.45) is -0.945. The van der Waals surface area contributed by atoms with Gasteiger partial charge in [-0.05, 0) is 32.4 Å². The molecule has 10 heteroatoms. The van der Waals surface area contributed by atoms with Crippen molar-refractivity contribution in [2.24, 2.45) is 0 Å². The fourth-order valence-corrected chi connectivity index (χ4v) is 2.37. The number of rotatable bonds is 6.